The van der Waals surface area contributed by atoms with Gasteiger partial charge in [-0.3, -0.25) is 0 Å². The number of fused-ring (bicyclic) bond motifs is 1. The standard InChI is InChI=1S/C25H28N4O2/c1-6-29(7-2)20-12-11-18-13-19(15-26)24(31-22(18)14-20)28-25(30)27-23-17(5)9-8-10-21(23)16(3)4/h8-14,16H,6-7H2,1-5H3,(H,27,30)/b28-24+. The van der Waals surface area contributed by atoms with Gasteiger partial charge in [0.2, 0.25) is 5.55 Å². The normalized spacial score (nSPS) is 11.6. The van der Waals surface area contributed by atoms with Crippen molar-refractivity contribution in [3.8, 4) is 6.07 Å². The zero-order valence-corrected chi connectivity index (χ0v) is 18.7. The van der Waals surface area contributed by atoms with Crippen LogP contribution in [0.3, 0.4) is 0 Å². The van der Waals surface area contributed by atoms with E-state index in [9.17, 15) is 10.1 Å². The fraction of sp³-hybridized carbons (Fsp3) is 0.320. The van der Waals surface area contributed by atoms with Gasteiger partial charge in [-0.25, -0.2) is 4.79 Å². The van der Waals surface area contributed by atoms with E-state index in [2.05, 4.69) is 49.0 Å². The van der Waals surface area contributed by atoms with E-state index in [1.165, 1.54) is 0 Å². The largest absolute Gasteiger partial charge is 0.437 e. The van der Waals surface area contributed by atoms with E-state index in [1.54, 1.807) is 6.07 Å². The summed E-state index contributed by atoms with van der Waals surface area (Å²) in [5.74, 6) is 0.244. The maximum absolute atomic E-state index is 12.7. The number of para-hydroxylation sites is 1. The summed E-state index contributed by atoms with van der Waals surface area (Å²) in [5.41, 5.74) is 4.54. The molecule has 31 heavy (non-hydrogen) atoms. The Morgan fingerprint density at radius 2 is 1.94 bits per heavy atom. The summed E-state index contributed by atoms with van der Waals surface area (Å²) >= 11 is 0. The lowest BCUT2D eigenvalue weighted by atomic mass is 9.98. The third kappa shape index (κ3) is 4.77. The van der Waals surface area contributed by atoms with Crippen molar-refractivity contribution in [1.82, 2.24) is 0 Å². The van der Waals surface area contributed by atoms with Gasteiger partial charge in [0.15, 0.2) is 0 Å². The van der Waals surface area contributed by atoms with Crippen LogP contribution in [0.25, 0.3) is 11.0 Å². The molecule has 3 aromatic rings. The predicted octanol–water partition coefficient (Wildman–Crippen LogP) is 5.72. The Labute approximate surface area is 182 Å². The van der Waals surface area contributed by atoms with E-state index in [1.807, 2.05) is 43.3 Å². The van der Waals surface area contributed by atoms with Crippen LogP contribution in [0.5, 0.6) is 0 Å². The number of carbonyl (C=O) groups is 1. The van der Waals surface area contributed by atoms with Gasteiger partial charge in [0.25, 0.3) is 0 Å². The highest BCUT2D eigenvalue weighted by Crippen LogP contribution is 2.27. The van der Waals surface area contributed by atoms with E-state index >= 15 is 0 Å². The van der Waals surface area contributed by atoms with E-state index in [-0.39, 0.29) is 17.0 Å². The number of benzene rings is 2. The number of aryl methyl sites for hydroxylation is 1. The van der Waals surface area contributed by atoms with Crippen LogP contribution in [0.4, 0.5) is 16.2 Å². The molecule has 1 aromatic heterocycles. The van der Waals surface area contributed by atoms with Crippen molar-refractivity contribution >= 4 is 28.4 Å². The molecule has 0 spiro atoms. The smallest absolute Gasteiger partial charge is 0.348 e. The molecule has 3 rings (SSSR count). The Morgan fingerprint density at radius 3 is 2.58 bits per heavy atom. The van der Waals surface area contributed by atoms with Crippen molar-refractivity contribution in [2.45, 2.75) is 40.5 Å². The van der Waals surface area contributed by atoms with Crippen molar-refractivity contribution in [3.63, 3.8) is 0 Å². The Bertz CT molecular complexity index is 1210. The summed E-state index contributed by atoms with van der Waals surface area (Å²) < 4.78 is 5.90. The number of urea groups is 1. The van der Waals surface area contributed by atoms with E-state index in [4.69, 9.17) is 4.42 Å². The number of amides is 2. The van der Waals surface area contributed by atoms with Crippen molar-refractivity contribution in [3.05, 3.63) is 64.7 Å². The molecule has 0 saturated carbocycles. The van der Waals surface area contributed by atoms with Gasteiger partial charge in [0.05, 0.1) is 0 Å². The monoisotopic (exact) mass is 416 g/mol. The van der Waals surface area contributed by atoms with Crippen LogP contribution >= 0.6 is 0 Å². The lowest BCUT2D eigenvalue weighted by Crippen LogP contribution is -2.21. The molecule has 0 aliphatic rings. The van der Waals surface area contributed by atoms with Crippen LogP contribution in [0.1, 0.15) is 50.3 Å². The summed E-state index contributed by atoms with van der Waals surface area (Å²) in [5, 5.41) is 13.2. The van der Waals surface area contributed by atoms with Gasteiger partial charge in [-0.05, 0) is 56.0 Å². The summed E-state index contributed by atoms with van der Waals surface area (Å²) in [6.07, 6.45) is 0. The molecule has 6 nitrogen and oxygen atoms in total. The minimum absolute atomic E-state index is 0.00359. The summed E-state index contributed by atoms with van der Waals surface area (Å²) in [6.45, 7) is 12.0. The zero-order chi connectivity index (χ0) is 22.5. The minimum atomic E-state index is -0.573. The molecule has 0 unspecified atom stereocenters. The highest BCUT2D eigenvalue weighted by molar-refractivity contribution is 5.92. The molecule has 1 N–H and O–H groups in total. The highest BCUT2D eigenvalue weighted by Gasteiger charge is 2.13. The number of anilines is 2. The third-order valence-electron chi connectivity index (χ3n) is 5.35. The van der Waals surface area contributed by atoms with Crippen LogP contribution in [-0.2, 0) is 0 Å². The van der Waals surface area contributed by atoms with Crippen LogP contribution in [0.15, 0.2) is 51.9 Å². The number of hydrogen-bond acceptors (Lipinski definition) is 4. The number of carbonyl (C=O) groups excluding carboxylic acids is 1. The highest BCUT2D eigenvalue weighted by atomic mass is 16.3. The van der Waals surface area contributed by atoms with E-state index in [0.717, 1.165) is 41.0 Å². The average Bonchev–Trinajstić information content (AvgIpc) is 2.75. The van der Waals surface area contributed by atoms with Crippen LogP contribution in [0, 0.1) is 18.3 Å². The first kappa shape index (κ1) is 22.1. The van der Waals surface area contributed by atoms with Crippen molar-refractivity contribution < 1.29 is 9.21 Å². The fourth-order valence-corrected chi connectivity index (χ4v) is 3.63. The molecule has 0 saturated heterocycles. The first-order valence-electron chi connectivity index (χ1n) is 10.6. The molecular formula is C25H28N4O2. The Hall–Kier alpha value is -3.59. The number of nitriles is 1. The second-order valence-corrected chi connectivity index (χ2v) is 7.71. The van der Waals surface area contributed by atoms with Gasteiger partial charge in [-0.15, -0.1) is 0 Å². The lowest BCUT2D eigenvalue weighted by Gasteiger charge is -2.21. The second-order valence-electron chi connectivity index (χ2n) is 7.71. The van der Waals surface area contributed by atoms with Gasteiger partial charge in [-0.2, -0.15) is 10.3 Å². The molecule has 2 amide bonds. The van der Waals surface area contributed by atoms with Gasteiger partial charge in [-0.1, -0.05) is 32.0 Å². The zero-order valence-electron chi connectivity index (χ0n) is 18.7. The second kappa shape index (κ2) is 9.48. The lowest BCUT2D eigenvalue weighted by molar-refractivity contribution is 0.258. The molecule has 0 aliphatic heterocycles. The van der Waals surface area contributed by atoms with Crippen LogP contribution < -0.4 is 15.8 Å². The Morgan fingerprint density at radius 1 is 1.19 bits per heavy atom. The van der Waals surface area contributed by atoms with Gasteiger partial charge in [0, 0.05) is 35.9 Å². The Balaban J connectivity index is 2.05. The molecular weight excluding hydrogens is 388 g/mol. The van der Waals surface area contributed by atoms with Crippen molar-refractivity contribution in [2.75, 3.05) is 23.3 Å². The summed E-state index contributed by atoms with van der Waals surface area (Å²) in [7, 11) is 0. The molecule has 1 heterocycles. The molecule has 160 valence electrons. The molecule has 2 aromatic carbocycles. The Kier molecular flexibility index (Phi) is 6.76. The van der Waals surface area contributed by atoms with Crippen molar-refractivity contribution in [2.24, 2.45) is 4.99 Å². The number of nitrogens with one attached hydrogen (secondary N) is 1. The number of hydrogen-bond donors (Lipinski definition) is 1. The molecule has 6 heteroatoms. The third-order valence-corrected chi connectivity index (χ3v) is 5.35. The SMILES string of the molecule is CCN(CC)c1ccc2cc(C#N)/c(=N\C(=O)Nc3c(C)cccc3C(C)C)oc2c1. The van der Waals surface area contributed by atoms with Gasteiger partial charge < -0.3 is 14.6 Å². The maximum Gasteiger partial charge on any atom is 0.348 e. The summed E-state index contributed by atoms with van der Waals surface area (Å²) in [6, 6.07) is 14.9. The van der Waals surface area contributed by atoms with Crippen molar-refractivity contribution in [1.29, 1.82) is 5.26 Å². The molecule has 0 radical (unpaired) electrons. The molecule has 0 aliphatic carbocycles. The van der Waals surface area contributed by atoms with Gasteiger partial charge >= 0.3 is 6.03 Å². The molecule has 0 fully saturated rings. The molecule has 0 atom stereocenters. The van der Waals surface area contributed by atoms with E-state index < -0.39 is 6.03 Å². The minimum Gasteiger partial charge on any atom is -0.437 e. The quantitative estimate of drug-likeness (QED) is 0.577. The number of nitrogens with zero attached hydrogens (tertiary/aromatic N) is 3. The van der Waals surface area contributed by atoms with Crippen LogP contribution in [0.2, 0.25) is 0 Å². The first-order chi connectivity index (χ1) is 14.9. The van der Waals surface area contributed by atoms with Crippen LogP contribution in [-0.4, -0.2) is 19.1 Å². The first-order valence-corrected chi connectivity index (χ1v) is 10.6. The van der Waals surface area contributed by atoms with Gasteiger partial charge in [0.1, 0.15) is 17.2 Å². The van der Waals surface area contributed by atoms with E-state index in [0.29, 0.717) is 5.58 Å². The fourth-order valence-electron chi connectivity index (χ4n) is 3.63. The number of rotatable bonds is 5. The topological polar surface area (TPSA) is 81.6 Å². The maximum atomic E-state index is 12.7. The average molecular weight is 417 g/mol. The summed E-state index contributed by atoms with van der Waals surface area (Å²) in [4.78, 5) is 19.0. The molecule has 0 bridgehead atoms. The predicted molar refractivity (Wildman–Crippen MR) is 124 cm³/mol.